The van der Waals surface area contributed by atoms with Crippen molar-refractivity contribution in [2.45, 2.75) is 16.8 Å². The third-order valence-electron chi connectivity index (χ3n) is 3.67. The van der Waals surface area contributed by atoms with Gasteiger partial charge >= 0.3 is 6.18 Å². The average Bonchev–Trinajstić information content (AvgIpc) is 3.06. The van der Waals surface area contributed by atoms with E-state index in [0.29, 0.717) is 22.5 Å². The minimum atomic E-state index is -4.59. The number of hydrogen-bond acceptors (Lipinski definition) is 4. The Bertz CT molecular complexity index is 1040. The molecule has 4 nitrogen and oxygen atoms in total. The zero-order valence-electron chi connectivity index (χ0n) is 12.7. The Morgan fingerprint density at radius 1 is 0.920 bits per heavy atom. The van der Waals surface area contributed by atoms with Gasteiger partial charge in [0.2, 0.25) is 5.82 Å². The van der Waals surface area contributed by atoms with E-state index in [0.717, 1.165) is 9.30 Å². The van der Waals surface area contributed by atoms with E-state index >= 15 is 0 Å². The number of nitrogens with zero attached hydrogens (tertiary/aromatic N) is 4. The van der Waals surface area contributed by atoms with Crippen LogP contribution < -0.4 is 0 Å². The van der Waals surface area contributed by atoms with Gasteiger partial charge < -0.3 is 0 Å². The summed E-state index contributed by atoms with van der Waals surface area (Å²) in [5.41, 5.74) is 1.41. The largest absolute Gasteiger partial charge is 0.452 e. The summed E-state index contributed by atoms with van der Waals surface area (Å²) in [6.45, 7) is 0. The molecule has 2 aromatic carbocycles. The van der Waals surface area contributed by atoms with Crippen LogP contribution in [-0.2, 0) is 11.9 Å². The van der Waals surface area contributed by atoms with E-state index in [1.54, 1.807) is 24.3 Å². The van der Waals surface area contributed by atoms with Crippen LogP contribution in [0.5, 0.6) is 0 Å². The van der Waals surface area contributed by atoms with Crippen molar-refractivity contribution in [2.75, 3.05) is 0 Å². The van der Waals surface area contributed by atoms with Crippen LogP contribution in [0, 0.1) is 0 Å². The van der Waals surface area contributed by atoms with E-state index in [9.17, 15) is 13.2 Å². The van der Waals surface area contributed by atoms with Gasteiger partial charge in [-0.05, 0) is 24.3 Å². The van der Waals surface area contributed by atoms with Crippen LogP contribution >= 0.6 is 11.8 Å². The van der Waals surface area contributed by atoms with Gasteiger partial charge in [-0.1, -0.05) is 30.3 Å². The molecule has 4 rings (SSSR count). The molecule has 0 aliphatic heterocycles. The highest BCUT2D eigenvalue weighted by molar-refractivity contribution is 7.98. The van der Waals surface area contributed by atoms with E-state index in [1.807, 2.05) is 30.3 Å². The van der Waals surface area contributed by atoms with Gasteiger partial charge in [-0.15, -0.1) is 22.0 Å². The lowest BCUT2D eigenvalue weighted by atomic mass is 10.3. The molecule has 0 bridgehead atoms. The van der Waals surface area contributed by atoms with Crippen molar-refractivity contribution in [3.63, 3.8) is 0 Å². The van der Waals surface area contributed by atoms with Crippen molar-refractivity contribution >= 4 is 28.4 Å². The number of benzene rings is 2. The minimum absolute atomic E-state index is 0.134. The maximum Gasteiger partial charge on any atom is 0.452 e. The number of alkyl halides is 3. The number of hydrogen-bond donors (Lipinski definition) is 0. The second-order valence-corrected chi connectivity index (χ2v) is 6.38. The standard InChI is InChI=1S/C17H11F3N4S/c18-17(19,20)16-23-22-15-13(10-25-11-6-2-1-3-7-11)21-12-8-4-5-9-14(12)24(15)16/h1-9H,10H2. The molecule has 0 saturated carbocycles. The van der Waals surface area contributed by atoms with Gasteiger partial charge in [0, 0.05) is 10.6 Å². The van der Waals surface area contributed by atoms with Crippen LogP contribution in [0.1, 0.15) is 11.5 Å². The normalized spacial score (nSPS) is 12.1. The fourth-order valence-corrected chi connectivity index (χ4v) is 3.44. The molecule has 126 valence electrons. The van der Waals surface area contributed by atoms with Gasteiger partial charge in [-0.3, -0.25) is 4.40 Å². The maximum absolute atomic E-state index is 13.3. The van der Waals surface area contributed by atoms with Crippen LogP contribution in [0.25, 0.3) is 16.7 Å². The first-order valence-electron chi connectivity index (χ1n) is 7.42. The van der Waals surface area contributed by atoms with E-state index in [2.05, 4.69) is 15.2 Å². The second kappa shape index (κ2) is 6.03. The first-order valence-corrected chi connectivity index (χ1v) is 8.40. The van der Waals surface area contributed by atoms with Crippen LogP contribution in [-0.4, -0.2) is 19.6 Å². The molecule has 8 heteroatoms. The number of aromatic nitrogens is 4. The summed E-state index contributed by atoms with van der Waals surface area (Å²) in [5.74, 6) is -0.638. The molecule has 0 aliphatic rings. The summed E-state index contributed by atoms with van der Waals surface area (Å²) in [6.07, 6.45) is -4.59. The highest BCUT2D eigenvalue weighted by atomic mass is 32.2. The van der Waals surface area contributed by atoms with Gasteiger partial charge in [0.15, 0.2) is 5.65 Å². The summed E-state index contributed by atoms with van der Waals surface area (Å²) >= 11 is 1.49. The first kappa shape index (κ1) is 15.9. The van der Waals surface area contributed by atoms with E-state index < -0.39 is 12.0 Å². The Hall–Kier alpha value is -2.61. The minimum Gasteiger partial charge on any atom is -0.268 e. The fraction of sp³-hybridized carbons (Fsp3) is 0.118. The quantitative estimate of drug-likeness (QED) is 0.501. The Morgan fingerprint density at radius 2 is 1.64 bits per heavy atom. The van der Waals surface area contributed by atoms with Crippen LogP contribution in [0.2, 0.25) is 0 Å². The number of fused-ring (bicyclic) bond motifs is 3. The molecule has 0 atom stereocenters. The fourth-order valence-electron chi connectivity index (χ4n) is 2.59. The number of halogens is 3. The molecule has 2 heterocycles. The average molecular weight is 360 g/mol. The molecule has 0 aliphatic carbocycles. The molecule has 0 amide bonds. The highest BCUT2D eigenvalue weighted by Gasteiger charge is 2.38. The molecule has 0 fully saturated rings. The lowest BCUT2D eigenvalue weighted by Gasteiger charge is -2.09. The molecular weight excluding hydrogens is 349 g/mol. The maximum atomic E-state index is 13.3. The topological polar surface area (TPSA) is 43.1 Å². The highest BCUT2D eigenvalue weighted by Crippen LogP contribution is 2.32. The smallest absolute Gasteiger partial charge is 0.268 e. The zero-order chi connectivity index (χ0) is 17.4. The predicted octanol–water partition coefficient (Wildman–Crippen LogP) is 4.59. The summed E-state index contributed by atoms with van der Waals surface area (Å²) in [7, 11) is 0. The Labute approximate surface area is 144 Å². The molecule has 4 aromatic rings. The van der Waals surface area contributed by atoms with Gasteiger partial charge in [-0.25, -0.2) is 4.98 Å². The summed E-state index contributed by atoms with van der Waals surface area (Å²) < 4.78 is 41.0. The number of para-hydroxylation sites is 2. The first-order chi connectivity index (χ1) is 12.0. The Morgan fingerprint density at radius 3 is 2.40 bits per heavy atom. The van der Waals surface area contributed by atoms with Gasteiger partial charge in [0.25, 0.3) is 0 Å². The van der Waals surface area contributed by atoms with Gasteiger partial charge in [0.1, 0.15) is 0 Å². The monoisotopic (exact) mass is 360 g/mol. The van der Waals surface area contributed by atoms with Crippen molar-refractivity contribution in [3.05, 3.63) is 66.1 Å². The van der Waals surface area contributed by atoms with Crippen molar-refractivity contribution in [1.82, 2.24) is 19.6 Å². The molecule has 0 spiro atoms. The third-order valence-corrected chi connectivity index (χ3v) is 4.69. The van der Waals surface area contributed by atoms with Gasteiger partial charge in [-0.2, -0.15) is 13.2 Å². The Balaban J connectivity index is 1.87. The molecule has 0 N–H and O–H groups in total. The molecule has 0 radical (unpaired) electrons. The van der Waals surface area contributed by atoms with Crippen molar-refractivity contribution in [3.8, 4) is 0 Å². The van der Waals surface area contributed by atoms with Crippen LogP contribution in [0.4, 0.5) is 13.2 Å². The molecule has 0 unspecified atom stereocenters. The van der Waals surface area contributed by atoms with E-state index in [1.165, 1.54) is 11.8 Å². The van der Waals surface area contributed by atoms with E-state index in [-0.39, 0.29) is 5.65 Å². The molecule has 0 saturated heterocycles. The summed E-state index contributed by atoms with van der Waals surface area (Å²) in [5, 5.41) is 7.14. The van der Waals surface area contributed by atoms with Crippen LogP contribution in [0.3, 0.4) is 0 Å². The third kappa shape index (κ3) is 2.93. The van der Waals surface area contributed by atoms with Crippen molar-refractivity contribution in [2.24, 2.45) is 0 Å². The Kier molecular flexibility index (Phi) is 3.84. The second-order valence-electron chi connectivity index (χ2n) is 5.33. The number of thioether (sulfide) groups is 1. The van der Waals surface area contributed by atoms with Gasteiger partial charge in [0.05, 0.1) is 16.7 Å². The molecule has 2 aromatic heterocycles. The number of rotatable bonds is 3. The molecule has 25 heavy (non-hydrogen) atoms. The van der Waals surface area contributed by atoms with Crippen molar-refractivity contribution in [1.29, 1.82) is 0 Å². The summed E-state index contributed by atoms with van der Waals surface area (Å²) in [4.78, 5) is 5.51. The lowest BCUT2D eigenvalue weighted by molar-refractivity contribution is -0.145. The van der Waals surface area contributed by atoms with Crippen molar-refractivity contribution < 1.29 is 13.2 Å². The zero-order valence-corrected chi connectivity index (χ0v) is 13.6. The molecular formula is C17H11F3N4S. The predicted molar refractivity (Wildman–Crippen MR) is 89.3 cm³/mol. The van der Waals surface area contributed by atoms with E-state index in [4.69, 9.17) is 0 Å². The lowest BCUT2D eigenvalue weighted by Crippen LogP contribution is -2.12. The van der Waals surface area contributed by atoms with Crippen LogP contribution in [0.15, 0.2) is 59.5 Å². The SMILES string of the molecule is FC(F)(F)c1nnc2c(CSc3ccccc3)nc3ccccc3n12. The summed E-state index contributed by atoms with van der Waals surface area (Å²) in [6, 6.07) is 16.3.